The van der Waals surface area contributed by atoms with Gasteiger partial charge in [-0.1, -0.05) is 24.3 Å². The van der Waals surface area contributed by atoms with Crippen molar-refractivity contribution in [2.24, 2.45) is 0 Å². The molecule has 2 atom stereocenters. The van der Waals surface area contributed by atoms with Crippen LogP contribution < -0.4 is 21.3 Å². The van der Waals surface area contributed by atoms with E-state index >= 15 is 0 Å². The molecule has 27 heavy (non-hydrogen) atoms. The van der Waals surface area contributed by atoms with Crippen LogP contribution in [-0.4, -0.2) is 35.7 Å². The molecule has 5 N–H and O–H groups in total. The van der Waals surface area contributed by atoms with Gasteiger partial charge < -0.3 is 26.4 Å². The molecule has 0 aromatic heterocycles. The van der Waals surface area contributed by atoms with Gasteiger partial charge in [0.25, 0.3) is 0 Å². The number of amides is 3. The second-order valence-electron chi connectivity index (χ2n) is 6.72. The maximum atomic E-state index is 12.2. The fourth-order valence-corrected chi connectivity index (χ4v) is 3.00. The van der Waals surface area contributed by atoms with E-state index in [4.69, 9.17) is 0 Å². The maximum absolute atomic E-state index is 12.2. The molecule has 0 radical (unpaired) electrons. The smallest absolute Gasteiger partial charge is 0.323 e. The Morgan fingerprint density at radius 3 is 2.48 bits per heavy atom. The zero-order valence-corrected chi connectivity index (χ0v) is 15.2. The lowest BCUT2D eigenvalue weighted by atomic mass is 10.1. The summed E-state index contributed by atoms with van der Waals surface area (Å²) in [6.45, 7) is 2.75. The molecule has 1 heterocycles. The van der Waals surface area contributed by atoms with E-state index in [-0.39, 0.29) is 18.0 Å². The van der Waals surface area contributed by atoms with Crippen molar-refractivity contribution >= 4 is 23.3 Å². The third-order valence-corrected chi connectivity index (χ3v) is 4.35. The molecule has 3 amide bonds. The van der Waals surface area contributed by atoms with Crippen molar-refractivity contribution in [1.82, 2.24) is 10.6 Å². The number of hydrogen-bond donors (Lipinski definition) is 5. The van der Waals surface area contributed by atoms with Crippen molar-refractivity contribution < 1.29 is 14.7 Å². The second-order valence-corrected chi connectivity index (χ2v) is 6.72. The molecular formula is C20H24N4O3. The summed E-state index contributed by atoms with van der Waals surface area (Å²) in [7, 11) is 0. The van der Waals surface area contributed by atoms with E-state index in [9.17, 15) is 14.7 Å². The van der Waals surface area contributed by atoms with Gasteiger partial charge in [-0.25, -0.2) is 4.79 Å². The fraction of sp³-hybridized carbons (Fsp3) is 0.300. The highest BCUT2D eigenvalue weighted by atomic mass is 16.3. The first-order valence-corrected chi connectivity index (χ1v) is 8.92. The van der Waals surface area contributed by atoms with E-state index in [0.29, 0.717) is 25.2 Å². The zero-order valence-electron chi connectivity index (χ0n) is 15.2. The Bertz CT molecular complexity index is 824. The second kappa shape index (κ2) is 8.66. The molecule has 1 fully saturated rings. The van der Waals surface area contributed by atoms with E-state index in [2.05, 4.69) is 21.3 Å². The van der Waals surface area contributed by atoms with Gasteiger partial charge in [0, 0.05) is 24.5 Å². The molecule has 0 spiro atoms. The SMILES string of the molecule is Cc1cccc(NC(=O)Nc2cccc(CNC(=O)C3CC(O)CN3)c2)c1. The van der Waals surface area contributed by atoms with E-state index in [1.54, 1.807) is 6.07 Å². The average Bonchev–Trinajstić information content (AvgIpc) is 3.06. The third-order valence-electron chi connectivity index (χ3n) is 4.35. The van der Waals surface area contributed by atoms with Crippen LogP contribution in [0.2, 0.25) is 0 Å². The summed E-state index contributed by atoms with van der Waals surface area (Å²) in [5, 5.41) is 20.9. The molecule has 142 valence electrons. The number of anilines is 2. The topological polar surface area (TPSA) is 102 Å². The number of aliphatic hydroxyl groups is 1. The summed E-state index contributed by atoms with van der Waals surface area (Å²) in [4.78, 5) is 24.2. The minimum Gasteiger partial charge on any atom is -0.392 e. The number of nitrogens with one attached hydrogen (secondary N) is 4. The Labute approximate surface area is 158 Å². The lowest BCUT2D eigenvalue weighted by Gasteiger charge is -2.12. The standard InChI is InChI=1S/C20H24N4O3/c1-13-4-2-6-15(8-13)23-20(27)24-16-7-3-5-14(9-16)11-22-19(26)18-10-17(25)12-21-18/h2-9,17-18,21,25H,10-12H2,1H3,(H,22,26)(H2,23,24,27). The Morgan fingerprint density at radius 2 is 1.81 bits per heavy atom. The van der Waals surface area contributed by atoms with Crippen LogP contribution in [0.1, 0.15) is 17.5 Å². The monoisotopic (exact) mass is 368 g/mol. The number of carbonyl (C=O) groups excluding carboxylic acids is 2. The van der Waals surface area contributed by atoms with Crippen LogP contribution in [0.25, 0.3) is 0 Å². The van der Waals surface area contributed by atoms with Gasteiger partial charge in [-0.05, 0) is 48.7 Å². The van der Waals surface area contributed by atoms with Crippen LogP contribution in [0, 0.1) is 6.92 Å². The Morgan fingerprint density at radius 1 is 1.11 bits per heavy atom. The van der Waals surface area contributed by atoms with Crippen molar-refractivity contribution in [1.29, 1.82) is 0 Å². The summed E-state index contributed by atoms with van der Waals surface area (Å²) < 4.78 is 0. The van der Waals surface area contributed by atoms with Gasteiger partial charge in [0.1, 0.15) is 0 Å². The molecule has 2 unspecified atom stereocenters. The van der Waals surface area contributed by atoms with E-state index in [1.165, 1.54) is 0 Å². The van der Waals surface area contributed by atoms with Crippen LogP contribution in [0.5, 0.6) is 0 Å². The Balaban J connectivity index is 1.52. The molecule has 2 aromatic carbocycles. The highest BCUT2D eigenvalue weighted by molar-refractivity contribution is 5.99. The van der Waals surface area contributed by atoms with Crippen molar-refractivity contribution in [3.63, 3.8) is 0 Å². The van der Waals surface area contributed by atoms with Crippen LogP contribution in [0.3, 0.4) is 0 Å². The first kappa shape index (κ1) is 18.9. The number of carbonyl (C=O) groups is 2. The number of β-amino-alcohol motifs (C(OH)–C–C–N with tert-alkyl or cyclic N) is 1. The van der Waals surface area contributed by atoms with Gasteiger partial charge in [0.05, 0.1) is 12.1 Å². The molecule has 1 saturated heterocycles. The van der Waals surface area contributed by atoms with E-state index in [1.807, 2.05) is 49.4 Å². The molecule has 0 aliphatic carbocycles. The summed E-state index contributed by atoms with van der Waals surface area (Å²) >= 11 is 0. The van der Waals surface area contributed by atoms with Gasteiger partial charge >= 0.3 is 6.03 Å². The number of urea groups is 1. The van der Waals surface area contributed by atoms with Crippen LogP contribution in [-0.2, 0) is 11.3 Å². The first-order chi connectivity index (χ1) is 13.0. The highest BCUT2D eigenvalue weighted by Gasteiger charge is 2.27. The molecule has 0 bridgehead atoms. The Kier molecular flexibility index (Phi) is 6.05. The maximum Gasteiger partial charge on any atom is 0.323 e. The van der Waals surface area contributed by atoms with E-state index in [0.717, 1.165) is 16.8 Å². The fourth-order valence-electron chi connectivity index (χ4n) is 3.00. The number of rotatable bonds is 5. The van der Waals surface area contributed by atoms with Crippen LogP contribution in [0.15, 0.2) is 48.5 Å². The van der Waals surface area contributed by atoms with Crippen molar-refractivity contribution in [3.8, 4) is 0 Å². The largest absolute Gasteiger partial charge is 0.392 e. The summed E-state index contributed by atoms with van der Waals surface area (Å²) in [5.74, 6) is -0.137. The predicted octanol–water partition coefficient (Wildman–Crippen LogP) is 1.98. The molecule has 0 saturated carbocycles. The highest BCUT2D eigenvalue weighted by Crippen LogP contribution is 2.14. The third kappa shape index (κ3) is 5.54. The normalized spacial score (nSPS) is 18.7. The van der Waals surface area contributed by atoms with Crippen molar-refractivity contribution in [2.75, 3.05) is 17.2 Å². The summed E-state index contributed by atoms with van der Waals surface area (Å²) in [5.41, 5.74) is 3.30. The van der Waals surface area contributed by atoms with Crippen LogP contribution in [0.4, 0.5) is 16.2 Å². The van der Waals surface area contributed by atoms with Crippen molar-refractivity contribution in [2.45, 2.75) is 32.0 Å². The molecule has 1 aliphatic heterocycles. The van der Waals surface area contributed by atoms with Crippen LogP contribution >= 0.6 is 0 Å². The van der Waals surface area contributed by atoms with Gasteiger partial charge in [0.15, 0.2) is 0 Å². The van der Waals surface area contributed by atoms with Gasteiger partial charge in [-0.3, -0.25) is 4.79 Å². The molecule has 7 nitrogen and oxygen atoms in total. The minimum absolute atomic E-state index is 0.137. The van der Waals surface area contributed by atoms with Crippen molar-refractivity contribution in [3.05, 3.63) is 59.7 Å². The molecular weight excluding hydrogens is 344 g/mol. The molecule has 2 aromatic rings. The van der Waals surface area contributed by atoms with Gasteiger partial charge in [0.2, 0.25) is 5.91 Å². The predicted molar refractivity (Wildman–Crippen MR) is 105 cm³/mol. The first-order valence-electron chi connectivity index (χ1n) is 8.92. The van der Waals surface area contributed by atoms with Gasteiger partial charge in [-0.2, -0.15) is 0 Å². The zero-order chi connectivity index (χ0) is 19.2. The molecule has 1 aliphatic rings. The number of aliphatic hydroxyl groups excluding tert-OH is 1. The number of aryl methyl sites for hydroxylation is 1. The molecule has 7 heteroatoms. The lowest BCUT2D eigenvalue weighted by Crippen LogP contribution is -2.40. The number of benzene rings is 2. The lowest BCUT2D eigenvalue weighted by molar-refractivity contribution is -0.123. The molecule has 3 rings (SSSR count). The quantitative estimate of drug-likeness (QED) is 0.557. The summed E-state index contributed by atoms with van der Waals surface area (Å²) in [6, 6.07) is 14.2. The summed E-state index contributed by atoms with van der Waals surface area (Å²) in [6.07, 6.45) is -0.0489. The Hall–Kier alpha value is -2.90. The van der Waals surface area contributed by atoms with Gasteiger partial charge in [-0.15, -0.1) is 0 Å². The average molecular weight is 368 g/mol. The number of hydrogen-bond acceptors (Lipinski definition) is 4. The minimum atomic E-state index is -0.472. The van der Waals surface area contributed by atoms with E-state index < -0.39 is 6.10 Å².